The maximum Gasteiger partial charge on any atom is 0.251 e. The predicted molar refractivity (Wildman–Crippen MR) is 68.3 cm³/mol. The van der Waals surface area contributed by atoms with Gasteiger partial charge in [0, 0.05) is 5.69 Å². The van der Waals surface area contributed by atoms with Gasteiger partial charge in [0.1, 0.15) is 17.4 Å². The van der Waals surface area contributed by atoms with Crippen LogP contribution in [0.4, 0.5) is 5.82 Å². The first-order valence-corrected chi connectivity index (χ1v) is 5.86. The average Bonchev–Trinajstić information content (AvgIpc) is 2.34. The predicted octanol–water partition coefficient (Wildman–Crippen LogP) is 0.503. The molecule has 0 aliphatic carbocycles. The topological polar surface area (TPSA) is 86.1 Å². The van der Waals surface area contributed by atoms with Crippen LogP contribution in [0.15, 0.2) is 12.1 Å². The molecule has 19 heavy (non-hydrogen) atoms. The van der Waals surface area contributed by atoms with Crippen molar-refractivity contribution >= 4 is 17.6 Å². The number of amides is 2. The van der Waals surface area contributed by atoms with Gasteiger partial charge in [-0.15, -0.1) is 0 Å². The monoisotopic (exact) mass is 258 g/mol. The molecule has 0 aromatic carbocycles. The van der Waals surface area contributed by atoms with Gasteiger partial charge in [-0.2, -0.15) is 5.26 Å². The molecule has 1 fully saturated rings. The molecule has 2 heterocycles. The normalized spacial score (nSPS) is 17.9. The second-order valence-corrected chi connectivity index (χ2v) is 4.96. The van der Waals surface area contributed by atoms with E-state index in [4.69, 9.17) is 5.26 Å². The average molecular weight is 258 g/mol. The van der Waals surface area contributed by atoms with E-state index in [2.05, 4.69) is 10.3 Å². The molecule has 2 amide bonds. The number of aromatic nitrogens is 1. The van der Waals surface area contributed by atoms with Crippen molar-refractivity contribution in [1.29, 1.82) is 5.26 Å². The van der Waals surface area contributed by atoms with Gasteiger partial charge in [0.05, 0.1) is 12.1 Å². The van der Waals surface area contributed by atoms with E-state index < -0.39 is 17.4 Å². The van der Waals surface area contributed by atoms with E-state index in [1.807, 2.05) is 6.07 Å². The van der Waals surface area contributed by atoms with E-state index >= 15 is 0 Å². The number of hydrogen-bond donors (Lipinski definition) is 1. The molecule has 0 spiro atoms. The Labute approximate surface area is 111 Å². The van der Waals surface area contributed by atoms with Crippen molar-refractivity contribution in [2.24, 2.45) is 0 Å². The lowest BCUT2D eigenvalue weighted by Crippen LogP contribution is -2.64. The fourth-order valence-corrected chi connectivity index (χ4v) is 1.96. The van der Waals surface area contributed by atoms with E-state index in [0.29, 0.717) is 11.4 Å². The fraction of sp³-hybridized carbons (Fsp3) is 0.385. The first-order chi connectivity index (χ1) is 8.86. The van der Waals surface area contributed by atoms with Crippen molar-refractivity contribution in [1.82, 2.24) is 10.3 Å². The van der Waals surface area contributed by atoms with Crippen LogP contribution >= 0.6 is 0 Å². The SMILES string of the molecule is Cc1ccc(C#N)c(N2CC(=O)NC(=O)C2(C)C)n1. The number of hydrogen-bond acceptors (Lipinski definition) is 5. The highest BCUT2D eigenvalue weighted by molar-refractivity contribution is 6.06. The molecule has 0 bridgehead atoms. The molecule has 1 aliphatic rings. The van der Waals surface area contributed by atoms with Crippen molar-refractivity contribution in [3.05, 3.63) is 23.4 Å². The van der Waals surface area contributed by atoms with Crippen LogP contribution in [0.2, 0.25) is 0 Å². The third-order valence-electron chi connectivity index (χ3n) is 3.18. The highest BCUT2D eigenvalue weighted by Crippen LogP contribution is 2.27. The van der Waals surface area contributed by atoms with Crippen LogP contribution in [-0.2, 0) is 9.59 Å². The quantitative estimate of drug-likeness (QED) is 0.741. The number of nitriles is 1. The summed E-state index contributed by atoms with van der Waals surface area (Å²) in [5.41, 5.74) is 0.143. The minimum Gasteiger partial charge on any atom is -0.332 e. The molecule has 6 heteroatoms. The number of pyridine rings is 1. The van der Waals surface area contributed by atoms with Gasteiger partial charge in [0.25, 0.3) is 5.91 Å². The van der Waals surface area contributed by atoms with Gasteiger partial charge in [0.2, 0.25) is 5.91 Å². The van der Waals surface area contributed by atoms with Gasteiger partial charge in [-0.25, -0.2) is 4.98 Å². The molecule has 6 nitrogen and oxygen atoms in total. The molecule has 0 radical (unpaired) electrons. The summed E-state index contributed by atoms with van der Waals surface area (Å²) in [7, 11) is 0. The molecular weight excluding hydrogens is 244 g/mol. The lowest BCUT2D eigenvalue weighted by atomic mass is 9.98. The van der Waals surface area contributed by atoms with Crippen LogP contribution in [-0.4, -0.2) is 28.9 Å². The van der Waals surface area contributed by atoms with Gasteiger partial charge in [0.15, 0.2) is 0 Å². The van der Waals surface area contributed by atoms with Crippen molar-refractivity contribution in [3.8, 4) is 6.07 Å². The highest BCUT2D eigenvalue weighted by Gasteiger charge is 2.42. The maximum atomic E-state index is 11.9. The highest BCUT2D eigenvalue weighted by atomic mass is 16.2. The van der Waals surface area contributed by atoms with Crippen LogP contribution in [0.3, 0.4) is 0 Å². The van der Waals surface area contributed by atoms with Crippen LogP contribution in [0.25, 0.3) is 0 Å². The Bertz CT molecular complexity index is 601. The molecule has 1 aromatic rings. The van der Waals surface area contributed by atoms with E-state index in [0.717, 1.165) is 5.69 Å². The Balaban J connectivity index is 2.56. The summed E-state index contributed by atoms with van der Waals surface area (Å²) in [6.07, 6.45) is 0. The number of aryl methyl sites for hydroxylation is 1. The lowest BCUT2D eigenvalue weighted by Gasteiger charge is -2.41. The number of nitrogens with zero attached hydrogens (tertiary/aromatic N) is 3. The first kappa shape index (κ1) is 13.0. The van der Waals surface area contributed by atoms with E-state index in [9.17, 15) is 9.59 Å². The molecule has 0 unspecified atom stereocenters. The van der Waals surface area contributed by atoms with E-state index in [1.165, 1.54) is 0 Å². The van der Waals surface area contributed by atoms with Crippen molar-refractivity contribution in [2.75, 3.05) is 11.4 Å². The number of rotatable bonds is 1. The summed E-state index contributed by atoms with van der Waals surface area (Å²) in [5, 5.41) is 11.4. The Kier molecular flexibility index (Phi) is 2.98. The second kappa shape index (κ2) is 4.35. The zero-order valence-corrected chi connectivity index (χ0v) is 11.0. The van der Waals surface area contributed by atoms with E-state index in [1.54, 1.807) is 37.8 Å². The smallest absolute Gasteiger partial charge is 0.251 e. The second-order valence-electron chi connectivity index (χ2n) is 4.96. The maximum absolute atomic E-state index is 11.9. The van der Waals surface area contributed by atoms with Gasteiger partial charge in [-0.05, 0) is 32.9 Å². The Morgan fingerprint density at radius 1 is 1.42 bits per heavy atom. The number of piperazine rings is 1. The van der Waals surface area contributed by atoms with Gasteiger partial charge >= 0.3 is 0 Å². The molecule has 1 aromatic heterocycles. The molecule has 0 saturated carbocycles. The van der Waals surface area contributed by atoms with Crippen LogP contribution in [0.5, 0.6) is 0 Å². The molecule has 2 rings (SSSR count). The minimum atomic E-state index is -0.930. The van der Waals surface area contributed by atoms with Crippen LogP contribution in [0.1, 0.15) is 25.1 Å². The number of imide groups is 1. The first-order valence-electron chi connectivity index (χ1n) is 5.86. The molecule has 98 valence electrons. The Hall–Kier alpha value is -2.42. The third kappa shape index (κ3) is 2.15. The molecule has 0 atom stereocenters. The zero-order valence-electron chi connectivity index (χ0n) is 11.0. The van der Waals surface area contributed by atoms with Gasteiger partial charge in [-0.3, -0.25) is 14.9 Å². The molecular formula is C13H14N4O2. The van der Waals surface area contributed by atoms with Crippen LogP contribution < -0.4 is 10.2 Å². The fourth-order valence-electron chi connectivity index (χ4n) is 1.96. The zero-order chi connectivity index (χ0) is 14.2. The number of nitrogens with one attached hydrogen (secondary N) is 1. The van der Waals surface area contributed by atoms with Crippen molar-refractivity contribution in [3.63, 3.8) is 0 Å². The molecule has 1 saturated heterocycles. The standard InChI is InChI=1S/C13H14N4O2/c1-8-4-5-9(6-14)11(15-8)17-7-10(18)16-12(19)13(17,2)3/h4-5H,7H2,1-3H3,(H,16,18,19). The van der Waals surface area contributed by atoms with Crippen LogP contribution in [0, 0.1) is 18.3 Å². The van der Waals surface area contributed by atoms with Crippen molar-refractivity contribution in [2.45, 2.75) is 26.3 Å². The number of carbonyl (C=O) groups excluding carboxylic acids is 2. The van der Waals surface area contributed by atoms with Gasteiger partial charge in [-0.1, -0.05) is 0 Å². The van der Waals surface area contributed by atoms with Crippen molar-refractivity contribution < 1.29 is 9.59 Å². The minimum absolute atomic E-state index is 0.00384. The summed E-state index contributed by atoms with van der Waals surface area (Å²) in [5.74, 6) is -0.414. The summed E-state index contributed by atoms with van der Waals surface area (Å²) < 4.78 is 0. The summed E-state index contributed by atoms with van der Waals surface area (Å²) in [4.78, 5) is 29.3. The number of carbonyl (C=O) groups is 2. The van der Waals surface area contributed by atoms with E-state index in [-0.39, 0.29) is 6.54 Å². The summed E-state index contributed by atoms with van der Waals surface area (Å²) >= 11 is 0. The molecule has 1 aliphatic heterocycles. The molecule has 1 N–H and O–H groups in total. The summed E-state index contributed by atoms with van der Waals surface area (Å²) in [6.45, 7) is 5.19. The lowest BCUT2D eigenvalue weighted by molar-refractivity contribution is -0.135. The number of anilines is 1. The Morgan fingerprint density at radius 2 is 2.11 bits per heavy atom. The Morgan fingerprint density at radius 3 is 2.74 bits per heavy atom. The summed E-state index contributed by atoms with van der Waals surface area (Å²) in [6, 6.07) is 5.41. The van der Waals surface area contributed by atoms with Gasteiger partial charge < -0.3 is 4.90 Å². The largest absolute Gasteiger partial charge is 0.332 e. The third-order valence-corrected chi connectivity index (χ3v) is 3.18.